The van der Waals surface area contributed by atoms with E-state index in [-0.39, 0.29) is 0 Å². The Morgan fingerprint density at radius 2 is 0.559 bits per heavy atom. The summed E-state index contributed by atoms with van der Waals surface area (Å²) in [5.74, 6) is 0. The van der Waals surface area contributed by atoms with E-state index >= 15 is 0 Å². The van der Waals surface area contributed by atoms with E-state index in [9.17, 15) is 0 Å². The maximum atomic E-state index is 3.48. The molecule has 0 aliphatic carbocycles. The van der Waals surface area contributed by atoms with Gasteiger partial charge >= 0.3 is 0 Å². The molecule has 0 aliphatic heterocycles. The Kier molecular flexibility index (Phi) is 7.19. The molecule has 5 aromatic carbocycles. The van der Waals surface area contributed by atoms with Crippen molar-refractivity contribution in [3.8, 4) is 0 Å². The number of anilines is 4. The molecule has 5 rings (SSSR count). The van der Waals surface area contributed by atoms with E-state index in [4.69, 9.17) is 0 Å². The summed E-state index contributed by atoms with van der Waals surface area (Å²) in [6.45, 7) is 0. The summed E-state index contributed by atoms with van der Waals surface area (Å²) >= 11 is 3.54. The first kappa shape index (κ1) is 22.2. The monoisotopic (exact) mass is 476 g/mol. The number of benzene rings is 5. The normalized spacial score (nSPS) is 10.6. The Labute approximate surface area is 209 Å². The van der Waals surface area contributed by atoms with Crippen LogP contribution in [0.2, 0.25) is 0 Å². The summed E-state index contributed by atoms with van der Waals surface area (Å²) in [6, 6.07) is 46.3. The van der Waals surface area contributed by atoms with Gasteiger partial charge < -0.3 is 10.6 Å². The van der Waals surface area contributed by atoms with Crippen molar-refractivity contribution in [1.82, 2.24) is 0 Å². The molecule has 0 saturated carbocycles. The topological polar surface area (TPSA) is 24.1 Å². The summed E-state index contributed by atoms with van der Waals surface area (Å²) in [5.41, 5.74) is 4.27. The molecule has 0 radical (unpaired) electrons. The highest BCUT2D eigenvalue weighted by Crippen LogP contribution is 2.30. The van der Waals surface area contributed by atoms with E-state index < -0.39 is 0 Å². The average molecular weight is 477 g/mol. The molecule has 2 N–H and O–H groups in total. The summed E-state index contributed by atoms with van der Waals surface area (Å²) in [6.07, 6.45) is 0. The number of hydrogen-bond donors (Lipinski definition) is 2. The summed E-state index contributed by atoms with van der Waals surface area (Å²) in [7, 11) is 0. The van der Waals surface area contributed by atoms with Crippen molar-refractivity contribution >= 4 is 46.3 Å². The van der Waals surface area contributed by atoms with Crippen LogP contribution in [0.25, 0.3) is 0 Å². The van der Waals surface area contributed by atoms with Gasteiger partial charge in [-0.05, 0) is 97.1 Å². The molecule has 0 amide bonds. The molecule has 2 nitrogen and oxygen atoms in total. The lowest BCUT2D eigenvalue weighted by Gasteiger charge is -2.11. The molecule has 0 fully saturated rings. The number of hydrogen-bond acceptors (Lipinski definition) is 4. The van der Waals surface area contributed by atoms with Crippen LogP contribution in [0, 0.1) is 0 Å². The predicted molar refractivity (Wildman–Crippen MR) is 147 cm³/mol. The third-order valence-corrected chi connectivity index (χ3v) is 7.16. The van der Waals surface area contributed by atoms with Crippen LogP contribution in [-0.2, 0) is 0 Å². The minimum absolute atomic E-state index is 1.06. The van der Waals surface area contributed by atoms with Gasteiger partial charge in [-0.1, -0.05) is 59.9 Å². The van der Waals surface area contributed by atoms with Crippen molar-refractivity contribution in [2.75, 3.05) is 10.6 Å². The van der Waals surface area contributed by atoms with Crippen molar-refractivity contribution in [2.24, 2.45) is 0 Å². The van der Waals surface area contributed by atoms with Crippen LogP contribution in [0.15, 0.2) is 153 Å². The quantitative estimate of drug-likeness (QED) is 0.233. The zero-order valence-corrected chi connectivity index (χ0v) is 20.2. The third kappa shape index (κ3) is 6.25. The fraction of sp³-hybridized carbons (Fsp3) is 0. The van der Waals surface area contributed by atoms with Crippen molar-refractivity contribution < 1.29 is 0 Å². The average Bonchev–Trinajstić information content (AvgIpc) is 2.89. The Morgan fingerprint density at radius 1 is 0.294 bits per heavy atom. The Morgan fingerprint density at radius 3 is 0.882 bits per heavy atom. The maximum Gasteiger partial charge on any atom is 0.0385 e. The molecule has 34 heavy (non-hydrogen) atoms. The molecule has 0 heterocycles. The zero-order chi connectivity index (χ0) is 23.0. The van der Waals surface area contributed by atoms with Gasteiger partial charge in [-0.25, -0.2) is 0 Å². The van der Waals surface area contributed by atoms with Gasteiger partial charge in [-0.15, -0.1) is 0 Å². The minimum atomic E-state index is 1.06. The van der Waals surface area contributed by atoms with Crippen LogP contribution in [0.5, 0.6) is 0 Å². The second-order valence-corrected chi connectivity index (χ2v) is 10.0. The van der Waals surface area contributed by atoms with Crippen LogP contribution >= 0.6 is 23.5 Å². The summed E-state index contributed by atoms with van der Waals surface area (Å²) < 4.78 is 0. The van der Waals surface area contributed by atoms with E-state index in [2.05, 4.69) is 132 Å². The molecule has 0 spiro atoms. The molecule has 0 aliphatic rings. The summed E-state index contributed by atoms with van der Waals surface area (Å²) in [5, 5.41) is 6.95. The standard InChI is InChI=1S/C30H24N2S2/c1-3-7-27(8-4-1)33-29-19-15-25(16-20-29)31-23-11-13-24(14-12-23)32-26-17-21-30(22-18-26)34-28-9-5-2-6-10-28/h1-22,31-32H. The van der Waals surface area contributed by atoms with Gasteiger partial charge in [0.05, 0.1) is 0 Å². The van der Waals surface area contributed by atoms with Gasteiger partial charge in [0.25, 0.3) is 0 Å². The fourth-order valence-electron chi connectivity index (χ4n) is 3.43. The Bertz CT molecular complexity index is 1200. The first-order valence-electron chi connectivity index (χ1n) is 11.1. The highest BCUT2D eigenvalue weighted by molar-refractivity contribution is 7.99. The van der Waals surface area contributed by atoms with Crippen molar-refractivity contribution in [1.29, 1.82) is 0 Å². The van der Waals surface area contributed by atoms with E-state index in [1.54, 1.807) is 23.5 Å². The van der Waals surface area contributed by atoms with Gasteiger partial charge in [0.2, 0.25) is 0 Å². The molecule has 0 bridgehead atoms. The van der Waals surface area contributed by atoms with Crippen LogP contribution in [0.1, 0.15) is 0 Å². The van der Waals surface area contributed by atoms with Gasteiger partial charge in [0.1, 0.15) is 0 Å². The molecular weight excluding hydrogens is 452 g/mol. The first-order chi connectivity index (χ1) is 16.8. The van der Waals surface area contributed by atoms with Crippen LogP contribution in [-0.4, -0.2) is 0 Å². The highest BCUT2D eigenvalue weighted by atomic mass is 32.2. The van der Waals surface area contributed by atoms with E-state index in [0.29, 0.717) is 0 Å². The van der Waals surface area contributed by atoms with Crippen LogP contribution in [0.4, 0.5) is 22.7 Å². The zero-order valence-electron chi connectivity index (χ0n) is 18.5. The third-order valence-electron chi connectivity index (χ3n) is 5.13. The molecule has 0 unspecified atom stereocenters. The van der Waals surface area contributed by atoms with Crippen molar-refractivity contribution in [3.63, 3.8) is 0 Å². The second kappa shape index (κ2) is 11.0. The second-order valence-electron chi connectivity index (χ2n) is 7.71. The first-order valence-corrected chi connectivity index (χ1v) is 12.7. The Balaban J connectivity index is 1.15. The highest BCUT2D eigenvalue weighted by Gasteiger charge is 2.01. The minimum Gasteiger partial charge on any atom is -0.356 e. The molecule has 4 heteroatoms. The molecule has 0 atom stereocenters. The largest absolute Gasteiger partial charge is 0.356 e. The molecule has 5 aromatic rings. The lowest BCUT2D eigenvalue weighted by molar-refractivity contribution is 1.40. The van der Waals surface area contributed by atoms with E-state index in [1.807, 2.05) is 12.1 Å². The SMILES string of the molecule is c1ccc(Sc2ccc(Nc3ccc(Nc4ccc(Sc5ccccc5)cc4)cc3)cc2)cc1. The van der Waals surface area contributed by atoms with Gasteiger partial charge in [-0.3, -0.25) is 0 Å². The molecule has 166 valence electrons. The van der Waals surface area contributed by atoms with Crippen molar-refractivity contribution in [3.05, 3.63) is 133 Å². The van der Waals surface area contributed by atoms with Crippen LogP contribution < -0.4 is 10.6 Å². The lowest BCUT2D eigenvalue weighted by Crippen LogP contribution is -1.92. The van der Waals surface area contributed by atoms with E-state index in [0.717, 1.165) is 22.7 Å². The number of rotatable bonds is 8. The number of nitrogens with one attached hydrogen (secondary N) is 2. The Hall–Kier alpha value is -3.60. The maximum absolute atomic E-state index is 3.48. The predicted octanol–water partition coefficient (Wildman–Crippen LogP) is 9.48. The summed E-state index contributed by atoms with van der Waals surface area (Å²) in [4.78, 5) is 4.95. The molecule has 0 aromatic heterocycles. The van der Waals surface area contributed by atoms with E-state index in [1.165, 1.54) is 19.6 Å². The fourth-order valence-corrected chi connectivity index (χ4v) is 5.11. The van der Waals surface area contributed by atoms with Crippen molar-refractivity contribution in [2.45, 2.75) is 19.6 Å². The van der Waals surface area contributed by atoms with Gasteiger partial charge in [0.15, 0.2) is 0 Å². The van der Waals surface area contributed by atoms with Gasteiger partial charge in [-0.2, -0.15) is 0 Å². The lowest BCUT2D eigenvalue weighted by atomic mass is 10.2. The van der Waals surface area contributed by atoms with Crippen LogP contribution in [0.3, 0.4) is 0 Å². The molecular formula is C30H24N2S2. The van der Waals surface area contributed by atoms with Gasteiger partial charge in [0, 0.05) is 42.3 Å². The smallest absolute Gasteiger partial charge is 0.0385 e. The molecule has 0 saturated heterocycles.